The highest BCUT2D eigenvalue weighted by molar-refractivity contribution is 6.30. The first kappa shape index (κ1) is 16.4. The van der Waals surface area contributed by atoms with Gasteiger partial charge >= 0.3 is 12.1 Å². The number of rotatable bonds is 4. The van der Waals surface area contributed by atoms with Crippen LogP contribution in [0.1, 0.15) is 19.3 Å². The molecule has 1 fully saturated rings. The molecule has 0 bridgehead atoms. The van der Waals surface area contributed by atoms with Crippen LogP contribution in [-0.4, -0.2) is 41.8 Å². The molecule has 0 atom stereocenters. The van der Waals surface area contributed by atoms with E-state index in [4.69, 9.17) is 16.7 Å². The Morgan fingerprint density at radius 3 is 2.45 bits per heavy atom. The Kier molecular flexibility index (Phi) is 5.89. The molecule has 0 aromatic heterocycles. The third-order valence-electron chi connectivity index (χ3n) is 3.83. The van der Waals surface area contributed by atoms with Crippen LogP contribution in [0.25, 0.3) is 0 Å². The van der Waals surface area contributed by atoms with Gasteiger partial charge in [0.15, 0.2) is 0 Å². The lowest BCUT2D eigenvalue weighted by Crippen LogP contribution is -2.38. The van der Waals surface area contributed by atoms with E-state index in [1.807, 2.05) is 0 Å². The Labute approximate surface area is 134 Å². The quantitative estimate of drug-likeness (QED) is 0.794. The van der Waals surface area contributed by atoms with E-state index >= 15 is 0 Å². The molecule has 0 radical (unpaired) electrons. The maximum atomic E-state index is 11.7. The Morgan fingerprint density at radius 1 is 1.23 bits per heavy atom. The minimum atomic E-state index is -0.848. The van der Waals surface area contributed by atoms with Gasteiger partial charge in [0, 0.05) is 30.3 Å². The van der Waals surface area contributed by atoms with E-state index in [9.17, 15) is 9.59 Å². The van der Waals surface area contributed by atoms with Crippen LogP contribution in [0.5, 0.6) is 0 Å². The van der Waals surface area contributed by atoms with Crippen LogP contribution in [0.15, 0.2) is 24.3 Å². The van der Waals surface area contributed by atoms with Gasteiger partial charge in [-0.05, 0) is 49.4 Å². The molecule has 0 spiro atoms. The molecule has 6 nitrogen and oxygen atoms in total. The average molecular weight is 326 g/mol. The first-order chi connectivity index (χ1) is 10.5. The van der Waals surface area contributed by atoms with Crippen molar-refractivity contribution in [3.63, 3.8) is 0 Å². The Morgan fingerprint density at radius 2 is 1.86 bits per heavy atom. The smallest absolute Gasteiger partial charge is 0.407 e. The number of urea groups is 1. The highest BCUT2D eigenvalue weighted by Gasteiger charge is 2.21. The van der Waals surface area contributed by atoms with Crippen LogP contribution < -0.4 is 10.6 Å². The topological polar surface area (TPSA) is 81.7 Å². The van der Waals surface area contributed by atoms with Crippen molar-refractivity contribution in [2.24, 2.45) is 5.92 Å². The molecule has 3 amide bonds. The number of halogens is 1. The number of hydrogen-bond donors (Lipinski definition) is 3. The first-order valence-corrected chi connectivity index (χ1v) is 7.70. The van der Waals surface area contributed by atoms with Crippen molar-refractivity contribution in [1.29, 1.82) is 0 Å². The van der Waals surface area contributed by atoms with E-state index in [0.29, 0.717) is 36.3 Å². The van der Waals surface area contributed by atoms with Crippen molar-refractivity contribution in [3.05, 3.63) is 29.3 Å². The summed E-state index contributed by atoms with van der Waals surface area (Å²) in [5.41, 5.74) is 0.691. The molecule has 0 aliphatic carbocycles. The molecule has 1 aliphatic rings. The zero-order valence-electron chi connectivity index (χ0n) is 12.2. The highest BCUT2D eigenvalue weighted by atomic mass is 35.5. The number of amides is 3. The maximum absolute atomic E-state index is 11.7. The fourth-order valence-electron chi connectivity index (χ4n) is 2.51. The van der Waals surface area contributed by atoms with E-state index in [1.54, 1.807) is 24.3 Å². The lowest BCUT2D eigenvalue weighted by molar-refractivity contribution is 0.123. The number of benzene rings is 1. The predicted molar refractivity (Wildman–Crippen MR) is 85.4 cm³/mol. The summed E-state index contributed by atoms with van der Waals surface area (Å²) in [6, 6.07) is 6.67. The van der Waals surface area contributed by atoms with Crippen molar-refractivity contribution in [2.75, 3.05) is 25.0 Å². The van der Waals surface area contributed by atoms with Gasteiger partial charge in [0.2, 0.25) is 0 Å². The first-order valence-electron chi connectivity index (χ1n) is 7.33. The lowest BCUT2D eigenvalue weighted by atomic mass is 9.94. The second-order valence-electron chi connectivity index (χ2n) is 5.39. The number of nitrogens with one attached hydrogen (secondary N) is 2. The predicted octanol–water partition coefficient (Wildman–Crippen LogP) is 3.24. The molecule has 1 aromatic rings. The Bertz CT molecular complexity index is 513. The van der Waals surface area contributed by atoms with E-state index < -0.39 is 6.09 Å². The summed E-state index contributed by atoms with van der Waals surface area (Å²) in [6.45, 7) is 1.74. The van der Waals surface area contributed by atoms with Crippen LogP contribution in [0.4, 0.5) is 15.3 Å². The summed E-state index contributed by atoms with van der Waals surface area (Å²) >= 11 is 5.78. The van der Waals surface area contributed by atoms with Crippen LogP contribution in [0.2, 0.25) is 5.02 Å². The fraction of sp³-hybridized carbons (Fsp3) is 0.467. The van der Waals surface area contributed by atoms with Crippen LogP contribution >= 0.6 is 11.6 Å². The highest BCUT2D eigenvalue weighted by Crippen LogP contribution is 2.20. The molecule has 1 aromatic carbocycles. The molecule has 0 saturated carbocycles. The average Bonchev–Trinajstić information content (AvgIpc) is 2.50. The van der Waals surface area contributed by atoms with E-state index in [0.717, 1.165) is 19.3 Å². The van der Waals surface area contributed by atoms with E-state index in [2.05, 4.69) is 10.6 Å². The number of likely N-dealkylation sites (tertiary alicyclic amines) is 1. The summed E-state index contributed by atoms with van der Waals surface area (Å²) in [4.78, 5) is 24.0. The molecule has 7 heteroatoms. The van der Waals surface area contributed by atoms with Gasteiger partial charge in [-0.15, -0.1) is 0 Å². The van der Waals surface area contributed by atoms with Crippen molar-refractivity contribution in [2.45, 2.75) is 19.3 Å². The van der Waals surface area contributed by atoms with Crippen molar-refractivity contribution in [3.8, 4) is 0 Å². The number of piperidine rings is 1. The van der Waals surface area contributed by atoms with Crippen molar-refractivity contribution < 1.29 is 14.7 Å². The van der Waals surface area contributed by atoms with Crippen LogP contribution in [0, 0.1) is 5.92 Å². The van der Waals surface area contributed by atoms with Crippen molar-refractivity contribution in [1.82, 2.24) is 10.2 Å². The molecule has 0 unspecified atom stereocenters. The maximum Gasteiger partial charge on any atom is 0.407 e. The van der Waals surface area contributed by atoms with Gasteiger partial charge in [-0.25, -0.2) is 9.59 Å². The summed E-state index contributed by atoms with van der Waals surface area (Å²) in [5, 5.41) is 15.1. The monoisotopic (exact) mass is 325 g/mol. The third kappa shape index (κ3) is 5.11. The molecule has 1 aliphatic heterocycles. The Balaban J connectivity index is 1.63. The number of anilines is 1. The normalized spacial score (nSPS) is 15.4. The third-order valence-corrected chi connectivity index (χ3v) is 4.08. The van der Waals surface area contributed by atoms with Gasteiger partial charge in [-0.2, -0.15) is 0 Å². The summed E-state index contributed by atoms with van der Waals surface area (Å²) < 4.78 is 0. The standard InChI is InChI=1S/C15H20ClN3O3/c16-12-1-3-13(4-2-12)18-14(20)17-8-5-11-6-9-19(10-7-11)15(21)22/h1-4,11H,5-10H2,(H,21,22)(H2,17,18,20). The second-order valence-corrected chi connectivity index (χ2v) is 5.83. The van der Waals surface area contributed by atoms with Gasteiger partial charge in [0.05, 0.1) is 0 Å². The van der Waals surface area contributed by atoms with E-state index in [1.165, 1.54) is 4.90 Å². The second kappa shape index (κ2) is 7.89. The van der Waals surface area contributed by atoms with Gasteiger partial charge in [-0.3, -0.25) is 0 Å². The number of nitrogens with zero attached hydrogens (tertiary/aromatic N) is 1. The van der Waals surface area contributed by atoms with Crippen LogP contribution in [-0.2, 0) is 0 Å². The minimum Gasteiger partial charge on any atom is -0.465 e. The Hall–Kier alpha value is -1.95. The number of carboxylic acid groups (broad SMARTS) is 1. The van der Waals surface area contributed by atoms with Gasteiger partial charge in [-0.1, -0.05) is 11.6 Å². The SMILES string of the molecule is O=C(NCCC1CCN(C(=O)O)CC1)Nc1ccc(Cl)cc1. The molecule has 1 heterocycles. The lowest BCUT2D eigenvalue weighted by Gasteiger charge is -2.29. The van der Waals surface area contributed by atoms with Crippen molar-refractivity contribution >= 4 is 29.4 Å². The summed E-state index contributed by atoms with van der Waals surface area (Å²) in [7, 11) is 0. The molecule has 22 heavy (non-hydrogen) atoms. The number of carbonyl (C=O) groups excluding carboxylic acids is 1. The number of hydrogen-bond acceptors (Lipinski definition) is 2. The van der Waals surface area contributed by atoms with Gasteiger partial charge in [0.1, 0.15) is 0 Å². The van der Waals surface area contributed by atoms with Gasteiger partial charge in [0.25, 0.3) is 0 Å². The summed E-state index contributed by atoms with van der Waals surface area (Å²) in [6.07, 6.45) is 1.72. The molecule has 3 N–H and O–H groups in total. The molecular formula is C15H20ClN3O3. The van der Waals surface area contributed by atoms with Gasteiger partial charge < -0.3 is 20.6 Å². The largest absolute Gasteiger partial charge is 0.465 e. The zero-order chi connectivity index (χ0) is 15.9. The molecular weight excluding hydrogens is 306 g/mol. The molecule has 2 rings (SSSR count). The zero-order valence-corrected chi connectivity index (χ0v) is 13.0. The molecule has 120 valence electrons. The fourth-order valence-corrected chi connectivity index (χ4v) is 2.64. The minimum absolute atomic E-state index is 0.245. The molecule has 1 saturated heterocycles. The number of carbonyl (C=O) groups is 2. The summed E-state index contributed by atoms with van der Waals surface area (Å²) in [5.74, 6) is 0.464. The van der Waals surface area contributed by atoms with Crippen LogP contribution in [0.3, 0.4) is 0 Å². The van der Waals surface area contributed by atoms with E-state index in [-0.39, 0.29) is 6.03 Å².